The van der Waals surface area contributed by atoms with E-state index in [4.69, 9.17) is 0 Å². The van der Waals surface area contributed by atoms with Gasteiger partial charge in [-0.1, -0.05) is 29.8 Å². The molecule has 4 heteroatoms. The number of aryl methyl sites for hydroxylation is 1. The summed E-state index contributed by atoms with van der Waals surface area (Å²) < 4.78 is 0.711. The van der Waals surface area contributed by atoms with E-state index in [1.807, 2.05) is 31.2 Å². The third kappa shape index (κ3) is 1.97. The highest BCUT2D eigenvalue weighted by molar-refractivity contribution is 5.79. The van der Waals surface area contributed by atoms with Gasteiger partial charge >= 0.3 is 0 Å². The lowest BCUT2D eigenvalue weighted by atomic mass is 10.1. The summed E-state index contributed by atoms with van der Waals surface area (Å²) >= 11 is 0. The number of nitrogens with zero attached hydrogens (tertiary/aromatic N) is 1. The molecule has 0 saturated heterocycles. The minimum absolute atomic E-state index is 0.252. The Labute approximate surface area is 109 Å². The van der Waals surface area contributed by atoms with Gasteiger partial charge in [0, 0.05) is 12.1 Å². The van der Waals surface area contributed by atoms with E-state index in [-0.39, 0.29) is 5.56 Å². The normalized spacial score (nSPS) is 10.8. The number of H-pyrrole nitrogens is 1. The molecule has 2 heterocycles. The third-order valence-corrected chi connectivity index (χ3v) is 3.13. The van der Waals surface area contributed by atoms with Crippen molar-refractivity contribution in [2.45, 2.75) is 6.92 Å². The van der Waals surface area contributed by atoms with Crippen LogP contribution in [0.5, 0.6) is 0 Å². The Bertz CT molecular complexity index is 804. The Morgan fingerprint density at radius 1 is 1.16 bits per heavy atom. The van der Waals surface area contributed by atoms with Crippen LogP contribution in [0.3, 0.4) is 0 Å². The lowest BCUT2D eigenvalue weighted by Crippen LogP contribution is -2.28. The number of pyridine rings is 2. The largest absolute Gasteiger partial charge is 0.618 e. The predicted molar refractivity (Wildman–Crippen MR) is 73.7 cm³/mol. The van der Waals surface area contributed by atoms with Gasteiger partial charge in [0.15, 0.2) is 6.20 Å². The molecule has 0 saturated carbocycles. The van der Waals surface area contributed by atoms with Crippen LogP contribution in [0.1, 0.15) is 5.56 Å². The van der Waals surface area contributed by atoms with Gasteiger partial charge in [0.2, 0.25) is 5.52 Å². The molecule has 1 N–H and O–H groups in total. The molecule has 0 atom stereocenters. The van der Waals surface area contributed by atoms with E-state index in [9.17, 15) is 10.0 Å². The van der Waals surface area contributed by atoms with Crippen LogP contribution in [-0.4, -0.2) is 4.98 Å². The van der Waals surface area contributed by atoms with Crippen LogP contribution >= 0.6 is 0 Å². The van der Waals surface area contributed by atoms with Crippen LogP contribution < -0.4 is 10.3 Å². The van der Waals surface area contributed by atoms with Gasteiger partial charge in [0.25, 0.3) is 5.56 Å². The number of fused-ring (bicyclic) bond motifs is 1. The van der Waals surface area contributed by atoms with Crippen molar-refractivity contribution in [1.29, 1.82) is 0 Å². The van der Waals surface area contributed by atoms with E-state index >= 15 is 0 Å². The van der Waals surface area contributed by atoms with Crippen molar-refractivity contribution >= 4 is 10.9 Å². The fraction of sp³-hybridized carbons (Fsp3) is 0.0667. The highest BCUT2D eigenvalue weighted by atomic mass is 16.5. The molecule has 94 valence electrons. The molecule has 0 amide bonds. The van der Waals surface area contributed by atoms with Crippen LogP contribution in [0.2, 0.25) is 0 Å². The molecule has 2 aromatic heterocycles. The van der Waals surface area contributed by atoms with Gasteiger partial charge in [-0.3, -0.25) is 4.79 Å². The second kappa shape index (κ2) is 4.24. The average molecular weight is 252 g/mol. The van der Waals surface area contributed by atoms with Gasteiger partial charge in [0.05, 0.1) is 5.69 Å². The smallest absolute Gasteiger partial charge is 0.262 e. The summed E-state index contributed by atoms with van der Waals surface area (Å²) in [6.07, 6.45) is 1.39. The molecular weight excluding hydrogens is 240 g/mol. The van der Waals surface area contributed by atoms with Gasteiger partial charge in [-0.2, -0.15) is 4.73 Å². The fourth-order valence-electron chi connectivity index (χ4n) is 2.09. The highest BCUT2D eigenvalue weighted by Gasteiger charge is 2.09. The molecule has 0 aliphatic rings. The van der Waals surface area contributed by atoms with Crippen LogP contribution in [-0.2, 0) is 0 Å². The van der Waals surface area contributed by atoms with Crippen molar-refractivity contribution in [3.05, 3.63) is 69.8 Å². The predicted octanol–water partition coefficient (Wildman–Crippen LogP) is 2.14. The van der Waals surface area contributed by atoms with Crippen LogP contribution in [0, 0.1) is 12.1 Å². The number of benzene rings is 1. The fourth-order valence-corrected chi connectivity index (χ4v) is 2.09. The number of hydrogen-bond acceptors (Lipinski definition) is 2. The summed E-state index contributed by atoms with van der Waals surface area (Å²) in [6, 6.07) is 12.7. The molecular formula is C15H12N2O2. The molecule has 0 unspecified atom stereocenters. The zero-order valence-electron chi connectivity index (χ0n) is 10.4. The number of nitrogens with one attached hydrogen (secondary N) is 1. The SMILES string of the molecule is Cc1ccc(-c2cc3c(ccc[n+]3[O-])c(=O)[nH]2)cc1. The maximum Gasteiger partial charge on any atom is 0.262 e. The summed E-state index contributed by atoms with van der Waals surface area (Å²) in [5.41, 5.74) is 2.80. The topological polar surface area (TPSA) is 59.8 Å². The first-order valence-corrected chi connectivity index (χ1v) is 5.97. The molecule has 0 aliphatic carbocycles. The van der Waals surface area contributed by atoms with E-state index in [0.717, 1.165) is 11.1 Å². The Hall–Kier alpha value is -2.62. The van der Waals surface area contributed by atoms with Crippen molar-refractivity contribution in [1.82, 2.24) is 4.98 Å². The monoisotopic (exact) mass is 252 g/mol. The summed E-state index contributed by atoms with van der Waals surface area (Å²) in [7, 11) is 0. The molecule has 0 spiro atoms. The average Bonchev–Trinajstić information content (AvgIpc) is 2.41. The molecule has 4 nitrogen and oxygen atoms in total. The Morgan fingerprint density at radius 3 is 2.63 bits per heavy atom. The molecule has 3 rings (SSSR count). The lowest BCUT2D eigenvalue weighted by Gasteiger charge is -2.05. The second-order valence-corrected chi connectivity index (χ2v) is 4.51. The number of hydrogen-bond donors (Lipinski definition) is 1. The van der Waals surface area contributed by atoms with Crippen molar-refractivity contribution in [2.75, 3.05) is 0 Å². The maximum atomic E-state index is 12.0. The number of aromatic nitrogens is 2. The Morgan fingerprint density at radius 2 is 1.89 bits per heavy atom. The summed E-state index contributed by atoms with van der Waals surface area (Å²) in [5, 5.41) is 12.1. The first-order valence-electron chi connectivity index (χ1n) is 5.97. The van der Waals surface area contributed by atoms with Crippen LogP contribution in [0.4, 0.5) is 0 Å². The standard InChI is InChI=1S/C15H12N2O2/c1-10-4-6-11(7-5-10)13-9-14-12(15(18)16-13)3-2-8-17(14)19/h2-9H,1H3,(H,16,18). The van der Waals surface area contributed by atoms with Gasteiger partial charge < -0.3 is 10.2 Å². The zero-order valence-corrected chi connectivity index (χ0v) is 10.4. The first-order chi connectivity index (χ1) is 9.15. The summed E-state index contributed by atoms with van der Waals surface area (Å²) in [5.74, 6) is 0. The molecule has 19 heavy (non-hydrogen) atoms. The minimum atomic E-state index is -0.252. The minimum Gasteiger partial charge on any atom is -0.618 e. The Balaban J connectivity index is 2.29. The highest BCUT2D eigenvalue weighted by Crippen LogP contribution is 2.18. The molecule has 0 fully saturated rings. The number of aromatic amines is 1. The second-order valence-electron chi connectivity index (χ2n) is 4.51. The molecule has 1 aromatic carbocycles. The molecule has 3 aromatic rings. The maximum absolute atomic E-state index is 12.0. The molecule has 0 bridgehead atoms. The Kier molecular flexibility index (Phi) is 2.56. The lowest BCUT2D eigenvalue weighted by molar-refractivity contribution is -0.577. The van der Waals surface area contributed by atoms with E-state index in [2.05, 4.69) is 4.98 Å². The van der Waals surface area contributed by atoms with E-state index in [1.165, 1.54) is 6.20 Å². The van der Waals surface area contributed by atoms with Gasteiger partial charge in [-0.05, 0) is 18.6 Å². The van der Waals surface area contributed by atoms with E-state index in [0.29, 0.717) is 21.3 Å². The van der Waals surface area contributed by atoms with E-state index in [1.54, 1.807) is 18.2 Å². The summed E-state index contributed by atoms with van der Waals surface area (Å²) in [6.45, 7) is 2.00. The van der Waals surface area contributed by atoms with Gasteiger partial charge in [-0.25, -0.2) is 0 Å². The van der Waals surface area contributed by atoms with Crippen molar-refractivity contribution in [3.63, 3.8) is 0 Å². The zero-order chi connectivity index (χ0) is 13.4. The van der Waals surface area contributed by atoms with Crippen molar-refractivity contribution in [2.24, 2.45) is 0 Å². The number of rotatable bonds is 1. The van der Waals surface area contributed by atoms with Crippen molar-refractivity contribution < 1.29 is 4.73 Å². The first kappa shape index (κ1) is 11.5. The van der Waals surface area contributed by atoms with Gasteiger partial charge in [0.1, 0.15) is 5.39 Å². The quantitative estimate of drug-likeness (QED) is 0.533. The van der Waals surface area contributed by atoms with Crippen LogP contribution in [0.25, 0.3) is 22.2 Å². The van der Waals surface area contributed by atoms with Crippen LogP contribution in [0.15, 0.2) is 53.5 Å². The van der Waals surface area contributed by atoms with Gasteiger partial charge in [-0.15, -0.1) is 0 Å². The third-order valence-electron chi connectivity index (χ3n) is 3.13. The van der Waals surface area contributed by atoms with E-state index < -0.39 is 0 Å². The molecule has 0 radical (unpaired) electrons. The summed E-state index contributed by atoms with van der Waals surface area (Å²) in [4.78, 5) is 14.8. The van der Waals surface area contributed by atoms with Crippen molar-refractivity contribution in [3.8, 4) is 11.3 Å². The molecule has 0 aliphatic heterocycles.